The van der Waals surface area contributed by atoms with Crippen LogP contribution in [0.1, 0.15) is 27.7 Å². The number of carboxylic acid groups (broad SMARTS) is 1. The van der Waals surface area contributed by atoms with Gasteiger partial charge in [-0.25, -0.2) is 4.79 Å². The van der Waals surface area contributed by atoms with Crippen LogP contribution in [0.4, 0.5) is 4.79 Å². The number of rotatable bonds is 3. The van der Waals surface area contributed by atoms with Gasteiger partial charge in [-0.2, -0.15) is 0 Å². The molecule has 3 N–H and O–H groups in total. The maximum atomic E-state index is 11.0. The van der Waals surface area contributed by atoms with Gasteiger partial charge in [0.1, 0.15) is 6.54 Å². The van der Waals surface area contributed by atoms with Crippen molar-refractivity contribution >= 4 is 12.0 Å². The van der Waals surface area contributed by atoms with Crippen LogP contribution in [0.2, 0.25) is 0 Å². The third kappa shape index (κ3) is 6.54. The van der Waals surface area contributed by atoms with Crippen LogP contribution in [-0.4, -0.2) is 23.7 Å². The van der Waals surface area contributed by atoms with Gasteiger partial charge in [-0.1, -0.05) is 26.3 Å². The maximum absolute atomic E-state index is 11.0. The molecule has 0 atom stereocenters. The van der Waals surface area contributed by atoms with Gasteiger partial charge < -0.3 is 15.7 Å². The highest BCUT2D eigenvalue weighted by Gasteiger charge is 2.12. The Bertz CT molecular complexity index is 277. The summed E-state index contributed by atoms with van der Waals surface area (Å²) in [6.07, 6.45) is 1.58. The number of urea groups is 1. The fourth-order valence-electron chi connectivity index (χ4n) is 0.597. The minimum atomic E-state index is -1.07. The number of allylic oxidation sites excluding steroid dienone is 1. The van der Waals surface area contributed by atoms with Crippen molar-refractivity contribution in [3.63, 3.8) is 0 Å². The molecule has 0 unspecified atom stereocenters. The summed E-state index contributed by atoms with van der Waals surface area (Å²) < 4.78 is 0. The topological polar surface area (TPSA) is 78.4 Å². The maximum Gasteiger partial charge on any atom is 0.323 e. The Labute approximate surface area is 89.6 Å². The number of carbonyl (C=O) groups is 2. The molecule has 2 amide bonds. The number of carbonyl (C=O) groups excluding carboxylic acids is 1. The summed E-state index contributed by atoms with van der Waals surface area (Å²) in [5.41, 5.74) is 0.994. The molecule has 15 heavy (non-hydrogen) atoms. The molecule has 0 aliphatic heterocycles. The number of aliphatic carboxylic acids is 1. The molecule has 0 heterocycles. The van der Waals surface area contributed by atoms with E-state index < -0.39 is 12.0 Å². The van der Waals surface area contributed by atoms with Crippen molar-refractivity contribution in [1.29, 1.82) is 0 Å². The molecule has 0 aliphatic rings. The van der Waals surface area contributed by atoms with Gasteiger partial charge in [0.25, 0.3) is 0 Å². The van der Waals surface area contributed by atoms with Gasteiger partial charge in [-0.15, -0.1) is 0 Å². The number of hydrogen-bond acceptors (Lipinski definition) is 2. The van der Waals surface area contributed by atoms with E-state index in [9.17, 15) is 9.59 Å². The van der Waals surface area contributed by atoms with E-state index in [1.54, 1.807) is 6.20 Å². The first kappa shape index (κ1) is 13.5. The summed E-state index contributed by atoms with van der Waals surface area (Å²) in [7, 11) is 0. The van der Waals surface area contributed by atoms with Crippen LogP contribution in [0.5, 0.6) is 0 Å². The van der Waals surface area contributed by atoms with E-state index in [0.717, 1.165) is 5.57 Å². The SMILES string of the molecule is C/C(=C\NC(=O)NCC(=O)O)C(C)(C)C. The molecule has 0 radical (unpaired) electrons. The predicted molar refractivity (Wildman–Crippen MR) is 57.4 cm³/mol. The fraction of sp³-hybridized carbons (Fsp3) is 0.600. The van der Waals surface area contributed by atoms with Crippen LogP contribution in [0.3, 0.4) is 0 Å². The zero-order valence-electron chi connectivity index (χ0n) is 9.55. The van der Waals surface area contributed by atoms with Crippen molar-refractivity contribution in [3.05, 3.63) is 11.8 Å². The van der Waals surface area contributed by atoms with Crippen molar-refractivity contribution in [2.75, 3.05) is 6.54 Å². The van der Waals surface area contributed by atoms with Crippen molar-refractivity contribution in [3.8, 4) is 0 Å². The Balaban J connectivity index is 4.05. The van der Waals surface area contributed by atoms with Crippen molar-refractivity contribution in [2.45, 2.75) is 27.7 Å². The molecule has 0 aliphatic carbocycles. The second-order valence-electron chi connectivity index (χ2n) is 4.30. The zero-order chi connectivity index (χ0) is 12.1. The van der Waals surface area contributed by atoms with Gasteiger partial charge in [0.05, 0.1) is 0 Å². The quantitative estimate of drug-likeness (QED) is 0.663. The van der Waals surface area contributed by atoms with E-state index in [2.05, 4.69) is 10.6 Å². The van der Waals surface area contributed by atoms with Gasteiger partial charge in [-0.3, -0.25) is 4.79 Å². The molecule has 86 valence electrons. The smallest absolute Gasteiger partial charge is 0.323 e. The molecule has 0 spiro atoms. The summed E-state index contributed by atoms with van der Waals surface area (Å²) in [6.45, 7) is 7.59. The molecule has 5 nitrogen and oxygen atoms in total. The third-order valence-electron chi connectivity index (χ3n) is 2.00. The molecular formula is C10H18N2O3. The van der Waals surface area contributed by atoms with Gasteiger partial charge in [0.2, 0.25) is 0 Å². The Morgan fingerprint density at radius 3 is 2.27 bits per heavy atom. The van der Waals surface area contributed by atoms with E-state index >= 15 is 0 Å². The average Bonchev–Trinajstić information content (AvgIpc) is 2.09. The van der Waals surface area contributed by atoms with Crippen LogP contribution < -0.4 is 10.6 Å². The van der Waals surface area contributed by atoms with Crippen molar-refractivity contribution in [1.82, 2.24) is 10.6 Å². The minimum absolute atomic E-state index is 0.0138. The second-order valence-corrected chi connectivity index (χ2v) is 4.30. The lowest BCUT2D eigenvalue weighted by Crippen LogP contribution is -2.36. The molecular weight excluding hydrogens is 196 g/mol. The largest absolute Gasteiger partial charge is 0.480 e. The molecule has 0 aromatic rings. The van der Waals surface area contributed by atoms with Gasteiger partial charge >= 0.3 is 12.0 Å². The molecule has 0 rings (SSSR count). The van der Waals surface area contributed by atoms with Crippen LogP contribution in [-0.2, 0) is 4.79 Å². The summed E-state index contributed by atoms with van der Waals surface area (Å²) in [5.74, 6) is -1.07. The zero-order valence-corrected chi connectivity index (χ0v) is 9.55. The summed E-state index contributed by atoms with van der Waals surface area (Å²) in [5, 5.41) is 13.0. The Morgan fingerprint density at radius 1 is 1.33 bits per heavy atom. The second kappa shape index (κ2) is 5.38. The molecule has 0 saturated heterocycles. The molecule has 0 fully saturated rings. The Morgan fingerprint density at radius 2 is 1.87 bits per heavy atom. The van der Waals surface area contributed by atoms with E-state index in [1.165, 1.54) is 0 Å². The van der Waals surface area contributed by atoms with Crippen LogP contribution in [0.25, 0.3) is 0 Å². The molecule has 0 aromatic heterocycles. The van der Waals surface area contributed by atoms with E-state index in [-0.39, 0.29) is 12.0 Å². The highest BCUT2D eigenvalue weighted by Crippen LogP contribution is 2.23. The van der Waals surface area contributed by atoms with Crippen LogP contribution >= 0.6 is 0 Å². The lowest BCUT2D eigenvalue weighted by Gasteiger charge is -2.19. The molecule has 0 bridgehead atoms. The summed E-state index contributed by atoms with van der Waals surface area (Å²) in [6, 6.07) is -0.513. The lowest BCUT2D eigenvalue weighted by molar-refractivity contribution is -0.135. The van der Waals surface area contributed by atoms with E-state index in [4.69, 9.17) is 5.11 Å². The predicted octanol–water partition coefficient (Wildman–Crippen LogP) is 1.32. The Hall–Kier alpha value is -1.52. The number of hydrogen-bond donors (Lipinski definition) is 3. The average molecular weight is 214 g/mol. The monoisotopic (exact) mass is 214 g/mol. The standard InChI is InChI=1S/C10H18N2O3/c1-7(10(2,3)4)5-11-9(15)12-6-8(13)14/h5H,6H2,1-4H3,(H,13,14)(H2,11,12,15)/b7-5+. The normalized spacial score (nSPS) is 12.1. The molecule has 0 saturated carbocycles. The van der Waals surface area contributed by atoms with Crippen LogP contribution in [0.15, 0.2) is 11.8 Å². The first-order valence-corrected chi connectivity index (χ1v) is 4.67. The molecule has 0 aromatic carbocycles. The number of carboxylic acids is 1. The first-order chi connectivity index (χ1) is 6.73. The number of nitrogens with one attached hydrogen (secondary N) is 2. The lowest BCUT2D eigenvalue weighted by atomic mass is 9.88. The van der Waals surface area contributed by atoms with Crippen molar-refractivity contribution in [2.24, 2.45) is 5.41 Å². The van der Waals surface area contributed by atoms with Gasteiger partial charge in [0, 0.05) is 6.20 Å². The van der Waals surface area contributed by atoms with E-state index in [0.29, 0.717) is 0 Å². The number of amides is 2. The summed E-state index contributed by atoms with van der Waals surface area (Å²) >= 11 is 0. The highest BCUT2D eigenvalue weighted by atomic mass is 16.4. The highest BCUT2D eigenvalue weighted by molar-refractivity contribution is 5.80. The van der Waals surface area contributed by atoms with E-state index in [1.807, 2.05) is 27.7 Å². The van der Waals surface area contributed by atoms with Gasteiger partial charge in [-0.05, 0) is 12.3 Å². The molecule has 5 heteroatoms. The van der Waals surface area contributed by atoms with Crippen molar-refractivity contribution < 1.29 is 14.7 Å². The summed E-state index contributed by atoms with van der Waals surface area (Å²) in [4.78, 5) is 21.2. The first-order valence-electron chi connectivity index (χ1n) is 4.67. The third-order valence-corrected chi connectivity index (χ3v) is 2.00. The minimum Gasteiger partial charge on any atom is -0.480 e. The Kier molecular flexibility index (Phi) is 4.84. The van der Waals surface area contributed by atoms with Gasteiger partial charge in [0.15, 0.2) is 0 Å². The fourth-order valence-corrected chi connectivity index (χ4v) is 0.597. The van der Waals surface area contributed by atoms with Crippen LogP contribution in [0, 0.1) is 5.41 Å².